The second-order valence-corrected chi connectivity index (χ2v) is 10.7. The fourth-order valence-electron chi connectivity index (χ4n) is 5.46. The van der Waals surface area contributed by atoms with Crippen molar-refractivity contribution in [1.29, 1.82) is 0 Å². The van der Waals surface area contributed by atoms with Crippen LogP contribution in [0.3, 0.4) is 0 Å². The molecule has 3 fully saturated rings. The topological polar surface area (TPSA) is 75.7 Å². The van der Waals surface area contributed by atoms with Crippen molar-refractivity contribution in [3.8, 4) is 0 Å². The fourth-order valence-corrected chi connectivity index (χ4v) is 7.19. The van der Waals surface area contributed by atoms with Crippen molar-refractivity contribution in [2.45, 2.75) is 56.9 Å². The van der Waals surface area contributed by atoms with Crippen LogP contribution in [0.5, 0.6) is 0 Å². The van der Waals surface area contributed by atoms with Crippen LogP contribution in [0, 0.1) is 17.8 Å². The fraction of sp³-hybridized carbons (Fsp3) is 0.682. The lowest BCUT2D eigenvalue weighted by molar-refractivity contribution is 0.0730. The Morgan fingerprint density at radius 2 is 2.00 bits per heavy atom. The number of carbonyl (C=O) groups is 1. The number of carbonyl (C=O) groups excluding carboxylic acids is 1. The van der Waals surface area contributed by atoms with Crippen molar-refractivity contribution < 1.29 is 17.9 Å². The van der Waals surface area contributed by atoms with Crippen LogP contribution in [0.2, 0.25) is 0 Å². The number of benzene rings is 1. The molecule has 4 rings (SSSR count). The summed E-state index contributed by atoms with van der Waals surface area (Å²) in [5, 5.41) is 3.15. The summed E-state index contributed by atoms with van der Waals surface area (Å²) >= 11 is 0. The second-order valence-electron chi connectivity index (χ2n) is 8.79. The molecule has 4 unspecified atom stereocenters. The molecule has 1 N–H and O–H groups in total. The minimum absolute atomic E-state index is 0.114. The minimum Gasteiger partial charge on any atom is -0.379 e. The standard InChI is InChI=1S/C22H32N2O4S/c1-3-17-6-7-19(14-21(17)29(26,27)24-8-10-28-11-9-24)22(25)23-15(2)20-13-16-4-5-18(20)12-16/h6-7,14-16,18,20H,3-5,8-13H2,1-2H3,(H,23,25). The Kier molecular flexibility index (Phi) is 6.00. The van der Waals surface area contributed by atoms with Crippen LogP contribution in [0.25, 0.3) is 0 Å². The highest BCUT2D eigenvalue weighted by atomic mass is 32.2. The number of morpholine rings is 1. The van der Waals surface area contributed by atoms with Crippen LogP contribution in [0.15, 0.2) is 23.1 Å². The van der Waals surface area contributed by atoms with Gasteiger partial charge in [0, 0.05) is 24.7 Å². The highest BCUT2D eigenvalue weighted by molar-refractivity contribution is 7.89. The molecule has 0 radical (unpaired) electrons. The van der Waals surface area contributed by atoms with E-state index in [4.69, 9.17) is 4.74 Å². The Hall–Kier alpha value is -1.44. The first-order chi connectivity index (χ1) is 13.9. The summed E-state index contributed by atoms with van der Waals surface area (Å²) < 4.78 is 33.2. The van der Waals surface area contributed by atoms with E-state index in [1.165, 1.54) is 30.0 Å². The van der Waals surface area contributed by atoms with Crippen molar-refractivity contribution in [1.82, 2.24) is 9.62 Å². The average Bonchev–Trinajstić information content (AvgIpc) is 3.37. The molecule has 1 aromatic rings. The third-order valence-electron chi connectivity index (χ3n) is 7.09. The number of hydrogen-bond acceptors (Lipinski definition) is 4. The Morgan fingerprint density at radius 1 is 1.24 bits per heavy atom. The molecule has 1 aliphatic heterocycles. The van der Waals surface area contributed by atoms with E-state index in [-0.39, 0.29) is 16.8 Å². The molecule has 1 aromatic carbocycles. The number of ether oxygens (including phenoxy) is 1. The molecule has 29 heavy (non-hydrogen) atoms. The lowest BCUT2D eigenvalue weighted by atomic mass is 9.84. The van der Waals surface area contributed by atoms with E-state index in [1.807, 2.05) is 6.92 Å². The number of nitrogens with zero attached hydrogens (tertiary/aromatic N) is 1. The highest BCUT2D eigenvalue weighted by Gasteiger charge is 2.42. The lowest BCUT2D eigenvalue weighted by Gasteiger charge is -2.29. The number of amides is 1. The van der Waals surface area contributed by atoms with Gasteiger partial charge >= 0.3 is 0 Å². The molecule has 1 heterocycles. The number of hydrogen-bond donors (Lipinski definition) is 1. The molecule has 1 amide bonds. The van der Waals surface area contributed by atoms with E-state index in [0.29, 0.717) is 44.2 Å². The SMILES string of the molecule is CCc1ccc(C(=O)NC(C)C2CC3CCC2C3)cc1S(=O)(=O)N1CCOCC1. The molecule has 3 aliphatic rings. The Labute approximate surface area is 174 Å². The molecule has 2 saturated carbocycles. The van der Waals surface area contributed by atoms with Gasteiger partial charge in [0.15, 0.2) is 0 Å². The Bertz CT molecular complexity index is 864. The van der Waals surface area contributed by atoms with Gasteiger partial charge in [-0.1, -0.05) is 19.4 Å². The quantitative estimate of drug-likeness (QED) is 0.768. The third kappa shape index (κ3) is 4.09. The van der Waals surface area contributed by atoms with Crippen LogP contribution in [-0.4, -0.2) is 51.0 Å². The molecular weight excluding hydrogens is 388 g/mol. The molecular formula is C22H32N2O4S. The second kappa shape index (κ2) is 8.36. The molecule has 4 atom stereocenters. The molecule has 160 valence electrons. The number of fused-ring (bicyclic) bond motifs is 2. The van der Waals surface area contributed by atoms with Crippen LogP contribution < -0.4 is 5.32 Å². The van der Waals surface area contributed by atoms with Gasteiger partial charge < -0.3 is 10.1 Å². The first-order valence-corrected chi connectivity index (χ1v) is 12.4. The molecule has 0 aromatic heterocycles. The van der Waals surface area contributed by atoms with E-state index in [9.17, 15) is 13.2 Å². The average molecular weight is 421 g/mol. The zero-order valence-electron chi connectivity index (χ0n) is 17.4. The maximum atomic E-state index is 13.2. The van der Waals surface area contributed by atoms with Gasteiger partial charge in [0.1, 0.15) is 0 Å². The maximum absolute atomic E-state index is 13.2. The van der Waals surface area contributed by atoms with Gasteiger partial charge in [0.05, 0.1) is 18.1 Å². The van der Waals surface area contributed by atoms with Gasteiger partial charge in [0.25, 0.3) is 5.91 Å². The summed E-state index contributed by atoms with van der Waals surface area (Å²) in [5.41, 5.74) is 1.17. The van der Waals surface area contributed by atoms with Crippen molar-refractivity contribution in [3.05, 3.63) is 29.3 Å². The first kappa shape index (κ1) is 20.8. The van der Waals surface area contributed by atoms with Crippen LogP contribution in [-0.2, 0) is 21.2 Å². The van der Waals surface area contributed by atoms with Crippen molar-refractivity contribution in [2.75, 3.05) is 26.3 Å². The normalized spacial score (nSPS) is 28.4. The minimum atomic E-state index is -3.64. The summed E-state index contributed by atoms with van der Waals surface area (Å²) in [5.74, 6) is 1.93. The van der Waals surface area contributed by atoms with Gasteiger partial charge in [0.2, 0.25) is 10.0 Å². The molecule has 0 spiro atoms. The van der Waals surface area contributed by atoms with Crippen LogP contribution in [0.4, 0.5) is 0 Å². The van der Waals surface area contributed by atoms with E-state index in [0.717, 1.165) is 17.4 Å². The maximum Gasteiger partial charge on any atom is 0.251 e. The lowest BCUT2D eigenvalue weighted by Crippen LogP contribution is -2.41. The first-order valence-electron chi connectivity index (χ1n) is 10.9. The van der Waals surface area contributed by atoms with Crippen molar-refractivity contribution in [3.63, 3.8) is 0 Å². The number of aryl methyl sites for hydroxylation is 1. The monoisotopic (exact) mass is 420 g/mol. The summed E-state index contributed by atoms with van der Waals surface area (Å²) in [7, 11) is -3.64. The van der Waals surface area contributed by atoms with Gasteiger partial charge in [-0.25, -0.2) is 8.42 Å². The van der Waals surface area contributed by atoms with E-state index in [1.54, 1.807) is 18.2 Å². The van der Waals surface area contributed by atoms with Gasteiger partial charge in [-0.3, -0.25) is 4.79 Å². The van der Waals surface area contributed by atoms with Gasteiger partial charge in [-0.15, -0.1) is 0 Å². The number of sulfonamides is 1. The molecule has 6 nitrogen and oxygen atoms in total. The molecule has 1 saturated heterocycles. The molecule has 7 heteroatoms. The predicted octanol–water partition coefficient (Wildman–Crippen LogP) is 2.82. The Morgan fingerprint density at radius 3 is 2.62 bits per heavy atom. The van der Waals surface area contributed by atoms with E-state index < -0.39 is 10.0 Å². The smallest absolute Gasteiger partial charge is 0.251 e. The van der Waals surface area contributed by atoms with Crippen LogP contribution >= 0.6 is 0 Å². The summed E-state index contributed by atoms with van der Waals surface area (Å²) in [6, 6.07) is 5.21. The van der Waals surface area contributed by atoms with Gasteiger partial charge in [-0.05, 0) is 68.1 Å². The van der Waals surface area contributed by atoms with Crippen molar-refractivity contribution in [2.24, 2.45) is 17.8 Å². The van der Waals surface area contributed by atoms with Gasteiger partial charge in [-0.2, -0.15) is 4.31 Å². The summed E-state index contributed by atoms with van der Waals surface area (Å²) in [4.78, 5) is 13.2. The van der Waals surface area contributed by atoms with Crippen LogP contribution in [0.1, 0.15) is 55.5 Å². The van der Waals surface area contributed by atoms with E-state index in [2.05, 4.69) is 12.2 Å². The Balaban J connectivity index is 1.53. The zero-order valence-corrected chi connectivity index (χ0v) is 18.2. The zero-order chi connectivity index (χ0) is 20.6. The largest absolute Gasteiger partial charge is 0.379 e. The predicted molar refractivity (Wildman–Crippen MR) is 111 cm³/mol. The molecule has 2 bridgehead atoms. The number of nitrogens with one attached hydrogen (secondary N) is 1. The van der Waals surface area contributed by atoms with Crippen molar-refractivity contribution >= 4 is 15.9 Å². The van der Waals surface area contributed by atoms with E-state index >= 15 is 0 Å². The number of rotatable bonds is 6. The highest BCUT2D eigenvalue weighted by Crippen LogP contribution is 2.49. The summed E-state index contributed by atoms with van der Waals surface area (Å²) in [6.07, 6.45) is 5.73. The molecule has 2 aliphatic carbocycles. The summed E-state index contributed by atoms with van der Waals surface area (Å²) in [6.45, 7) is 5.54. The third-order valence-corrected chi connectivity index (χ3v) is 9.07.